The summed E-state index contributed by atoms with van der Waals surface area (Å²) in [6, 6.07) is 5.01. The van der Waals surface area contributed by atoms with E-state index in [0.29, 0.717) is 0 Å². The maximum atomic E-state index is 5.96. The largest absolute Gasteiger partial charge is 0.314 e. The molecule has 1 aliphatic carbocycles. The van der Waals surface area contributed by atoms with Crippen LogP contribution in [-0.4, -0.2) is 12.6 Å². The molecule has 0 radical (unpaired) electrons. The smallest absolute Gasteiger partial charge is 0.0931 e. The lowest BCUT2D eigenvalue weighted by Gasteiger charge is -2.15. The van der Waals surface area contributed by atoms with Crippen molar-refractivity contribution in [3.05, 3.63) is 21.3 Å². The lowest BCUT2D eigenvalue weighted by Crippen LogP contribution is -2.25. The Morgan fingerprint density at radius 1 is 1.50 bits per heavy atom. The van der Waals surface area contributed by atoms with Crippen LogP contribution in [0.1, 0.15) is 37.5 Å². The summed E-state index contributed by atoms with van der Waals surface area (Å²) in [5.41, 5.74) is 0. The first-order valence-corrected chi connectivity index (χ1v) is 7.45. The molecule has 1 atom stereocenters. The van der Waals surface area contributed by atoms with Gasteiger partial charge in [0.1, 0.15) is 0 Å². The molecule has 0 amide bonds. The van der Waals surface area contributed by atoms with Gasteiger partial charge in [-0.1, -0.05) is 24.9 Å². The van der Waals surface area contributed by atoms with Gasteiger partial charge in [0, 0.05) is 10.9 Å². The summed E-state index contributed by atoms with van der Waals surface area (Å²) in [7, 11) is 0. The first-order valence-electron chi connectivity index (χ1n) is 6.25. The molecule has 0 aliphatic heterocycles. The Hall–Kier alpha value is -0.0500. The Kier molecular flexibility index (Phi) is 4.68. The molecule has 1 saturated carbocycles. The SMILES string of the molecule is CCCC(CNC1CC1)Cc1ccc(Cl)s1. The van der Waals surface area contributed by atoms with E-state index in [1.807, 2.05) is 6.07 Å². The average Bonchev–Trinajstić information content (AvgIpc) is 3.00. The molecule has 2 rings (SSSR count). The van der Waals surface area contributed by atoms with Gasteiger partial charge >= 0.3 is 0 Å². The molecule has 1 aliphatic rings. The molecule has 1 aromatic rings. The van der Waals surface area contributed by atoms with Crippen molar-refractivity contribution in [2.45, 2.75) is 45.1 Å². The molecular formula is C13H20ClNS. The van der Waals surface area contributed by atoms with Crippen molar-refractivity contribution in [2.24, 2.45) is 5.92 Å². The van der Waals surface area contributed by atoms with Crippen LogP contribution < -0.4 is 5.32 Å². The monoisotopic (exact) mass is 257 g/mol. The second-order valence-electron chi connectivity index (χ2n) is 4.75. The lowest BCUT2D eigenvalue weighted by atomic mass is 9.99. The number of hydrogen-bond donors (Lipinski definition) is 1. The number of thiophene rings is 1. The summed E-state index contributed by atoms with van der Waals surface area (Å²) in [6.45, 7) is 3.44. The third-order valence-electron chi connectivity index (χ3n) is 3.09. The Bertz CT molecular complexity index is 319. The Balaban J connectivity index is 1.80. The van der Waals surface area contributed by atoms with Crippen LogP contribution in [0.5, 0.6) is 0 Å². The van der Waals surface area contributed by atoms with Crippen molar-refractivity contribution < 1.29 is 0 Å². The van der Waals surface area contributed by atoms with Crippen molar-refractivity contribution in [3.63, 3.8) is 0 Å². The number of rotatable bonds is 7. The second kappa shape index (κ2) is 6.04. The van der Waals surface area contributed by atoms with Gasteiger partial charge in [0.2, 0.25) is 0 Å². The van der Waals surface area contributed by atoms with Crippen molar-refractivity contribution in [3.8, 4) is 0 Å². The molecule has 1 nitrogen and oxygen atoms in total. The van der Waals surface area contributed by atoms with Gasteiger partial charge < -0.3 is 5.32 Å². The third-order valence-corrected chi connectivity index (χ3v) is 4.34. The summed E-state index contributed by atoms with van der Waals surface area (Å²) < 4.78 is 0.917. The normalized spacial score (nSPS) is 17.6. The number of hydrogen-bond acceptors (Lipinski definition) is 2. The van der Waals surface area contributed by atoms with Crippen LogP contribution >= 0.6 is 22.9 Å². The summed E-state index contributed by atoms with van der Waals surface area (Å²) >= 11 is 7.69. The molecular weight excluding hydrogens is 238 g/mol. The molecule has 0 saturated heterocycles. The van der Waals surface area contributed by atoms with E-state index in [2.05, 4.69) is 18.3 Å². The van der Waals surface area contributed by atoms with Gasteiger partial charge in [0.15, 0.2) is 0 Å². The molecule has 1 fully saturated rings. The van der Waals surface area contributed by atoms with E-state index in [1.165, 1.54) is 43.5 Å². The lowest BCUT2D eigenvalue weighted by molar-refractivity contribution is 0.439. The minimum absolute atomic E-state index is 0.778. The highest BCUT2D eigenvalue weighted by molar-refractivity contribution is 7.16. The Morgan fingerprint density at radius 2 is 2.31 bits per heavy atom. The van der Waals surface area contributed by atoms with Crippen LogP contribution in [0.25, 0.3) is 0 Å². The Labute approximate surface area is 107 Å². The van der Waals surface area contributed by atoms with Gasteiger partial charge in [-0.05, 0) is 50.3 Å². The first-order chi connectivity index (χ1) is 7.78. The van der Waals surface area contributed by atoms with E-state index in [0.717, 1.165) is 16.3 Å². The van der Waals surface area contributed by atoms with E-state index < -0.39 is 0 Å². The van der Waals surface area contributed by atoms with Crippen molar-refractivity contribution >= 4 is 22.9 Å². The Morgan fingerprint density at radius 3 is 2.88 bits per heavy atom. The predicted molar refractivity (Wildman–Crippen MR) is 72.5 cm³/mol. The quantitative estimate of drug-likeness (QED) is 0.775. The van der Waals surface area contributed by atoms with Gasteiger partial charge in [-0.2, -0.15) is 0 Å². The van der Waals surface area contributed by atoms with Crippen LogP contribution in [0.4, 0.5) is 0 Å². The standard InChI is InChI=1S/C13H20ClNS/c1-2-3-10(9-15-11-4-5-11)8-12-6-7-13(14)16-12/h6-7,10-11,15H,2-5,8-9H2,1H3. The summed E-state index contributed by atoms with van der Waals surface area (Å²) in [5.74, 6) is 0.778. The molecule has 1 N–H and O–H groups in total. The zero-order chi connectivity index (χ0) is 11.4. The summed E-state index contributed by atoms with van der Waals surface area (Å²) in [4.78, 5) is 1.43. The van der Waals surface area contributed by atoms with Crippen molar-refractivity contribution in [1.29, 1.82) is 0 Å². The van der Waals surface area contributed by atoms with Gasteiger partial charge in [-0.3, -0.25) is 0 Å². The van der Waals surface area contributed by atoms with E-state index in [4.69, 9.17) is 11.6 Å². The van der Waals surface area contributed by atoms with E-state index in [9.17, 15) is 0 Å². The van der Waals surface area contributed by atoms with E-state index in [1.54, 1.807) is 11.3 Å². The van der Waals surface area contributed by atoms with Crippen LogP contribution in [-0.2, 0) is 6.42 Å². The first kappa shape index (κ1) is 12.4. The fourth-order valence-electron chi connectivity index (χ4n) is 2.05. The zero-order valence-electron chi connectivity index (χ0n) is 9.84. The summed E-state index contributed by atoms with van der Waals surface area (Å²) in [6.07, 6.45) is 6.53. The van der Waals surface area contributed by atoms with Crippen LogP contribution in [0.3, 0.4) is 0 Å². The molecule has 3 heteroatoms. The molecule has 90 valence electrons. The molecule has 0 aromatic carbocycles. The third kappa shape index (κ3) is 4.08. The molecule has 1 heterocycles. The summed E-state index contributed by atoms with van der Waals surface area (Å²) in [5, 5.41) is 3.64. The molecule has 16 heavy (non-hydrogen) atoms. The fraction of sp³-hybridized carbons (Fsp3) is 0.692. The second-order valence-corrected chi connectivity index (χ2v) is 6.55. The minimum Gasteiger partial charge on any atom is -0.314 e. The van der Waals surface area contributed by atoms with Crippen molar-refractivity contribution in [2.75, 3.05) is 6.54 Å². The van der Waals surface area contributed by atoms with Gasteiger partial charge in [-0.15, -0.1) is 11.3 Å². The average molecular weight is 258 g/mol. The van der Waals surface area contributed by atoms with E-state index in [-0.39, 0.29) is 0 Å². The molecule has 1 unspecified atom stereocenters. The maximum Gasteiger partial charge on any atom is 0.0931 e. The van der Waals surface area contributed by atoms with Crippen molar-refractivity contribution in [1.82, 2.24) is 5.32 Å². The highest BCUT2D eigenvalue weighted by Gasteiger charge is 2.21. The van der Waals surface area contributed by atoms with Crippen LogP contribution in [0.2, 0.25) is 4.34 Å². The predicted octanol–water partition coefficient (Wildman–Crippen LogP) is 4.11. The molecule has 1 aromatic heterocycles. The topological polar surface area (TPSA) is 12.0 Å². The van der Waals surface area contributed by atoms with E-state index >= 15 is 0 Å². The van der Waals surface area contributed by atoms with Crippen LogP contribution in [0.15, 0.2) is 12.1 Å². The number of nitrogens with one attached hydrogen (secondary N) is 1. The molecule has 0 bridgehead atoms. The molecule has 0 spiro atoms. The minimum atomic E-state index is 0.778. The fourth-order valence-corrected chi connectivity index (χ4v) is 3.25. The van der Waals surface area contributed by atoms with Gasteiger partial charge in [0.05, 0.1) is 4.34 Å². The maximum absolute atomic E-state index is 5.96. The zero-order valence-corrected chi connectivity index (χ0v) is 11.4. The van der Waals surface area contributed by atoms with Gasteiger partial charge in [-0.25, -0.2) is 0 Å². The van der Waals surface area contributed by atoms with Crippen LogP contribution in [0, 0.1) is 5.92 Å². The number of halogens is 1. The highest BCUT2D eigenvalue weighted by Crippen LogP contribution is 2.26. The highest BCUT2D eigenvalue weighted by atomic mass is 35.5. The van der Waals surface area contributed by atoms with Gasteiger partial charge in [0.25, 0.3) is 0 Å².